The Hall–Kier alpha value is -2.85. The number of pyridine rings is 1. The number of nitrogens with zero attached hydrogens (tertiary/aromatic N) is 4. The number of halogens is 1. The summed E-state index contributed by atoms with van der Waals surface area (Å²) in [6, 6.07) is 6.41. The van der Waals surface area contributed by atoms with Gasteiger partial charge in [0.2, 0.25) is 11.8 Å². The average molecular weight is 431 g/mol. The van der Waals surface area contributed by atoms with Crippen LogP contribution < -0.4 is 10.1 Å². The molecule has 8 nitrogen and oxygen atoms in total. The van der Waals surface area contributed by atoms with E-state index in [9.17, 15) is 8.60 Å². The number of benzene rings is 1. The van der Waals surface area contributed by atoms with E-state index in [2.05, 4.69) is 24.6 Å². The Labute approximate surface area is 174 Å². The summed E-state index contributed by atoms with van der Waals surface area (Å²) in [6.07, 6.45) is 5.13. The third kappa shape index (κ3) is 4.65. The molecule has 1 saturated heterocycles. The largest absolute Gasteiger partial charge is 0.470 e. The lowest BCUT2D eigenvalue weighted by atomic mass is 10.1. The molecule has 1 aromatic carbocycles. The Morgan fingerprint density at radius 2 is 2.13 bits per heavy atom. The number of hydrogen-bond acceptors (Lipinski definition) is 8. The fourth-order valence-electron chi connectivity index (χ4n) is 3.27. The smallest absolute Gasteiger partial charge is 0.240 e. The van der Waals surface area contributed by atoms with Crippen LogP contribution >= 0.6 is 0 Å². The van der Waals surface area contributed by atoms with Crippen LogP contribution in [0.1, 0.15) is 12.0 Å². The van der Waals surface area contributed by atoms with E-state index in [4.69, 9.17) is 9.47 Å². The molecule has 0 aliphatic carbocycles. The third-order valence-corrected chi connectivity index (χ3v) is 5.14. The van der Waals surface area contributed by atoms with Gasteiger partial charge in [0.1, 0.15) is 23.9 Å². The monoisotopic (exact) mass is 431 g/mol. The molecule has 0 amide bonds. The van der Waals surface area contributed by atoms with Crippen molar-refractivity contribution in [2.24, 2.45) is 4.36 Å². The summed E-state index contributed by atoms with van der Waals surface area (Å²) in [6.45, 7) is 2.95. The second-order valence-electron chi connectivity index (χ2n) is 7.37. The van der Waals surface area contributed by atoms with Crippen molar-refractivity contribution in [3.8, 4) is 5.88 Å². The molecule has 1 fully saturated rings. The molecule has 0 unspecified atom stereocenters. The predicted molar refractivity (Wildman–Crippen MR) is 114 cm³/mol. The summed E-state index contributed by atoms with van der Waals surface area (Å²) in [5.41, 5.74) is 2.59. The molecule has 3 heterocycles. The lowest BCUT2D eigenvalue weighted by Gasteiger charge is -2.16. The molecule has 30 heavy (non-hydrogen) atoms. The number of hydrogen-bond donors (Lipinski definition) is 1. The minimum absolute atomic E-state index is 0.151. The van der Waals surface area contributed by atoms with Gasteiger partial charge in [-0.15, -0.1) is 0 Å². The molecular weight excluding hydrogens is 409 g/mol. The zero-order valence-corrected chi connectivity index (χ0v) is 17.7. The maximum atomic E-state index is 13.7. The molecule has 1 aliphatic heterocycles. The zero-order chi connectivity index (χ0) is 21.3. The van der Waals surface area contributed by atoms with Gasteiger partial charge in [0.15, 0.2) is 0 Å². The first-order valence-electron chi connectivity index (χ1n) is 9.39. The van der Waals surface area contributed by atoms with Gasteiger partial charge in [-0.05, 0) is 36.8 Å². The molecule has 0 spiro atoms. The normalized spacial score (nSPS) is 16.6. The van der Waals surface area contributed by atoms with Crippen LogP contribution in [0.4, 0.5) is 21.6 Å². The SMILES string of the molecule is Cc1cc(N=S(C)(C)=O)cc2ncnc(Nc3ccc(F)nc3O[C@H]3CCOC3)c12. The first kappa shape index (κ1) is 20.4. The van der Waals surface area contributed by atoms with Crippen LogP contribution in [0.5, 0.6) is 5.88 Å². The first-order valence-corrected chi connectivity index (χ1v) is 11.7. The maximum Gasteiger partial charge on any atom is 0.240 e. The van der Waals surface area contributed by atoms with Crippen molar-refractivity contribution in [1.82, 2.24) is 15.0 Å². The predicted octanol–water partition coefficient (Wildman–Crippen LogP) is 3.74. The number of fused-ring (bicyclic) bond motifs is 1. The third-order valence-electron chi connectivity index (χ3n) is 4.49. The van der Waals surface area contributed by atoms with Crippen LogP contribution in [0.15, 0.2) is 35.0 Å². The summed E-state index contributed by atoms with van der Waals surface area (Å²) in [5.74, 6) is 0.0455. The van der Waals surface area contributed by atoms with Crippen LogP contribution in [0.3, 0.4) is 0 Å². The highest BCUT2D eigenvalue weighted by Gasteiger charge is 2.21. The molecular formula is C20H22FN5O3S. The van der Waals surface area contributed by atoms with Crippen LogP contribution in [0.25, 0.3) is 10.9 Å². The van der Waals surface area contributed by atoms with Gasteiger partial charge in [0.05, 0.1) is 24.4 Å². The van der Waals surface area contributed by atoms with Crippen molar-refractivity contribution >= 4 is 37.8 Å². The Morgan fingerprint density at radius 3 is 2.87 bits per heavy atom. The second kappa shape index (κ2) is 8.11. The lowest BCUT2D eigenvalue weighted by Crippen LogP contribution is -2.17. The van der Waals surface area contributed by atoms with Crippen molar-refractivity contribution in [3.63, 3.8) is 0 Å². The van der Waals surface area contributed by atoms with E-state index < -0.39 is 15.7 Å². The van der Waals surface area contributed by atoms with Crippen LogP contribution in [0, 0.1) is 12.9 Å². The molecule has 3 aromatic rings. The van der Waals surface area contributed by atoms with E-state index in [1.54, 1.807) is 24.6 Å². The van der Waals surface area contributed by atoms with Crippen molar-refractivity contribution < 1.29 is 18.1 Å². The van der Waals surface area contributed by atoms with Gasteiger partial charge >= 0.3 is 0 Å². The first-order chi connectivity index (χ1) is 14.3. The van der Waals surface area contributed by atoms with Crippen LogP contribution in [-0.2, 0) is 14.5 Å². The quantitative estimate of drug-likeness (QED) is 0.615. The zero-order valence-electron chi connectivity index (χ0n) is 16.9. The van der Waals surface area contributed by atoms with Crippen LogP contribution in [0.2, 0.25) is 0 Å². The van der Waals surface area contributed by atoms with E-state index in [1.165, 1.54) is 12.4 Å². The molecule has 1 atom stereocenters. The summed E-state index contributed by atoms with van der Waals surface area (Å²) >= 11 is 0. The van der Waals surface area contributed by atoms with Crippen molar-refractivity contribution in [1.29, 1.82) is 0 Å². The number of ether oxygens (including phenoxy) is 2. The maximum absolute atomic E-state index is 13.7. The molecule has 0 bridgehead atoms. The fraction of sp³-hybridized carbons (Fsp3) is 0.350. The standard InChI is InChI=1S/C20H22FN5O3S/c1-12-8-13(26-30(2,3)27)9-16-18(12)19(23-11-22-16)24-15-4-5-17(21)25-20(15)29-14-6-7-28-10-14/h4-5,8-9,11,14H,6-7,10H2,1-3H3,(H,22,23,24)/t14-/m0/s1. The molecule has 4 rings (SSSR count). The molecule has 10 heteroatoms. The number of rotatable bonds is 5. The Balaban J connectivity index is 1.73. The van der Waals surface area contributed by atoms with Gasteiger partial charge in [0, 0.05) is 34.0 Å². The number of aryl methyl sites for hydroxylation is 1. The Bertz CT molecular complexity index is 1210. The van der Waals surface area contributed by atoms with E-state index >= 15 is 0 Å². The number of aromatic nitrogens is 3. The Kier molecular flexibility index (Phi) is 5.52. The fourth-order valence-corrected chi connectivity index (χ4v) is 3.88. The van der Waals surface area contributed by atoms with Crippen molar-refractivity contribution in [2.75, 3.05) is 31.0 Å². The van der Waals surface area contributed by atoms with Gasteiger partial charge in [-0.3, -0.25) is 0 Å². The highest BCUT2D eigenvalue weighted by Crippen LogP contribution is 2.33. The Morgan fingerprint density at radius 1 is 1.30 bits per heavy atom. The molecule has 1 aliphatic rings. The topological polar surface area (TPSA) is 98.6 Å². The molecule has 2 aromatic heterocycles. The average Bonchev–Trinajstić information content (AvgIpc) is 3.15. The summed E-state index contributed by atoms with van der Waals surface area (Å²) in [4.78, 5) is 12.6. The number of nitrogens with one attached hydrogen (secondary N) is 1. The van der Waals surface area contributed by atoms with Gasteiger partial charge in [-0.2, -0.15) is 13.7 Å². The highest BCUT2D eigenvalue weighted by molar-refractivity contribution is 7.92. The molecule has 0 radical (unpaired) electrons. The van der Waals surface area contributed by atoms with Crippen molar-refractivity contribution in [3.05, 3.63) is 42.1 Å². The van der Waals surface area contributed by atoms with Crippen LogP contribution in [-0.4, -0.2) is 51.0 Å². The van der Waals surface area contributed by atoms with E-state index in [0.717, 1.165) is 17.4 Å². The van der Waals surface area contributed by atoms with E-state index in [0.29, 0.717) is 35.9 Å². The summed E-state index contributed by atoms with van der Waals surface area (Å²) < 4.78 is 41.2. The molecule has 158 valence electrons. The highest BCUT2D eigenvalue weighted by atomic mass is 32.2. The van der Waals surface area contributed by atoms with E-state index in [-0.39, 0.29) is 12.0 Å². The molecule has 1 N–H and O–H groups in total. The molecule has 0 saturated carbocycles. The van der Waals surface area contributed by atoms with Crippen molar-refractivity contribution in [2.45, 2.75) is 19.4 Å². The minimum Gasteiger partial charge on any atom is -0.470 e. The van der Waals surface area contributed by atoms with Gasteiger partial charge in [0.25, 0.3) is 0 Å². The number of anilines is 2. The van der Waals surface area contributed by atoms with Gasteiger partial charge in [-0.1, -0.05) is 0 Å². The summed E-state index contributed by atoms with van der Waals surface area (Å²) in [5, 5.41) is 3.96. The van der Waals surface area contributed by atoms with E-state index in [1.807, 2.05) is 13.0 Å². The lowest BCUT2D eigenvalue weighted by molar-refractivity contribution is 0.138. The van der Waals surface area contributed by atoms with Gasteiger partial charge in [-0.25, -0.2) is 14.2 Å². The van der Waals surface area contributed by atoms with Gasteiger partial charge < -0.3 is 14.8 Å². The minimum atomic E-state index is -2.30. The summed E-state index contributed by atoms with van der Waals surface area (Å²) in [7, 11) is -2.30. The second-order valence-corrected chi connectivity index (χ2v) is 9.91.